The van der Waals surface area contributed by atoms with Crippen molar-refractivity contribution in [3.05, 3.63) is 52.6 Å². The van der Waals surface area contributed by atoms with Gasteiger partial charge in [-0.1, -0.05) is 220 Å². The largest absolute Gasteiger partial charge is 0.342 e. The summed E-state index contributed by atoms with van der Waals surface area (Å²) in [4.78, 5) is 30.0. The van der Waals surface area contributed by atoms with Gasteiger partial charge in [-0.25, -0.2) is 4.98 Å². The summed E-state index contributed by atoms with van der Waals surface area (Å²) in [7, 11) is 2.21. The molecule has 5 aliphatic heterocycles. The summed E-state index contributed by atoms with van der Waals surface area (Å²) in [6, 6.07) is 6.81. The average Bonchev–Trinajstić information content (AvgIpc) is 1.68. The molecule has 3 aliphatic carbocycles. The molecule has 8 aliphatic rings. The van der Waals surface area contributed by atoms with E-state index < -0.39 is 0 Å². The van der Waals surface area contributed by atoms with Gasteiger partial charge in [-0.2, -0.15) is 5.10 Å². The van der Waals surface area contributed by atoms with Crippen molar-refractivity contribution in [1.29, 1.82) is 0 Å². The average molecular weight is 1300 g/mol. The number of aromatic nitrogens is 3. The molecule has 0 spiro atoms. The Morgan fingerprint density at radius 2 is 1.09 bits per heavy atom. The maximum atomic E-state index is 11.0. The van der Waals surface area contributed by atoms with Crippen LogP contribution in [0.4, 0.5) is 0 Å². The summed E-state index contributed by atoms with van der Waals surface area (Å²) in [5.74, 6) is 11.1. The number of hydrogen-bond donors (Lipinski definition) is 1. The minimum Gasteiger partial charge on any atom is -0.342 e. The number of nitrogens with one attached hydrogen (secondary N) is 1. The maximum Gasteiger partial charge on any atom is 0.222 e. The topological polar surface area (TPSA) is 78.1 Å². The molecule has 542 valence electrons. The van der Waals surface area contributed by atoms with E-state index in [1.807, 2.05) is 11.8 Å². The number of hydrogen-bond acceptors (Lipinski definition) is 8. The van der Waals surface area contributed by atoms with Crippen LogP contribution >= 0.6 is 0 Å². The first kappa shape index (κ1) is 86.5. The van der Waals surface area contributed by atoms with Crippen molar-refractivity contribution < 1.29 is 4.79 Å². The number of aromatic amines is 1. The third-order valence-corrected chi connectivity index (χ3v) is 20.7. The number of carbonyl (C=O) groups excluding carboxylic acids is 1. The molecule has 1 aromatic carbocycles. The molecule has 2 saturated carbocycles. The van der Waals surface area contributed by atoms with Gasteiger partial charge in [0.15, 0.2) is 5.82 Å². The van der Waals surface area contributed by atoms with Gasteiger partial charge in [0.05, 0.1) is 0 Å². The Morgan fingerprint density at radius 1 is 0.559 bits per heavy atom. The van der Waals surface area contributed by atoms with E-state index in [-0.39, 0.29) is 0 Å². The smallest absolute Gasteiger partial charge is 0.222 e. The number of benzene rings is 1. The second kappa shape index (κ2) is 49.8. The van der Waals surface area contributed by atoms with Crippen molar-refractivity contribution >= 4 is 12.0 Å². The molecule has 2 aromatic rings. The molecule has 1 N–H and O–H groups in total. The van der Waals surface area contributed by atoms with Gasteiger partial charge in [-0.15, -0.1) is 0 Å². The van der Waals surface area contributed by atoms with Crippen LogP contribution in [0, 0.1) is 65.6 Å². The van der Waals surface area contributed by atoms with Crippen molar-refractivity contribution in [2.24, 2.45) is 58.7 Å². The molecule has 1 amide bonds. The number of piperidine rings is 3. The van der Waals surface area contributed by atoms with Crippen LogP contribution in [-0.2, 0) is 11.2 Å². The van der Waals surface area contributed by atoms with Crippen LogP contribution in [-0.4, -0.2) is 162 Å². The highest BCUT2D eigenvalue weighted by molar-refractivity contribution is 5.78. The van der Waals surface area contributed by atoms with Crippen LogP contribution in [0.5, 0.6) is 0 Å². The van der Waals surface area contributed by atoms with Crippen molar-refractivity contribution in [3.8, 4) is 0 Å². The highest BCUT2D eigenvalue weighted by Crippen LogP contribution is 2.54. The number of allylic oxidation sites excluding steroid dienone is 1. The molecule has 10 nitrogen and oxygen atoms in total. The van der Waals surface area contributed by atoms with E-state index in [4.69, 9.17) is 0 Å². The number of amides is 1. The number of aryl methyl sites for hydroxylation is 1. The Hall–Kier alpha value is -2.63. The minimum atomic E-state index is 0.341. The standard InChI is InChI=1S/C12H14.C11H23N.C10H22N2.C10H21N.C9H19N.C9H18.C8H15NO.C8H16.C6H11N3/c1-9(2)11-7-6-10-4-3-5-12(10)8-11;1-11(2)7-6-10-12-8-4-3-5-9-12;1-10(2)4-5-12-8-6-11(3)7-9-12;1-9(2)8-11-6-4-10(3)5-7-11;1-9(2)8-10-6-4-3-5-7-10;1-8(2)9-6-4-3-5-7-9;1-7(2)6-9-5-3-4-8(9)10;1-4-8(5-6-8)7(2)3;1-4(2)6-7-5(3)8-9-6/h3,5-9H,4H2,1-2H3;11H,3-10H2,1-2H3;10H,4-9H2,1-3H3;9-10H,4-8H2,1-3H3;9H,3-8H2,1-2H3;8-9H,3-7H2,1-2H3;7H,3-6H2,1-2H3;7H,4-6H2,1-3H3;4H,1-3H3,(H,7,8,9). The van der Waals surface area contributed by atoms with Crippen LogP contribution in [0.25, 0.3) is 6.08 Å². The SMILES string of the molecule is CC(C)C1CCCCC1.CC(C)CCCN1CCCCC1.CC(C)CCN1CCN(C)CC1.CC(C)CN1CCC(C)CC1.CC(C)CN1CCCC1=O.CC(C)CN1CCCCC1.CC(C)c1ccc2c(c1)C=CC2.CCC1(C(C)C)CC1.Cc1nc(C(C)C)n[nH]1. The monoisotopic (exact) mass is 1300 g/mol. The lowest BCUT2D eigenvalue weighted by atomic mass is 9.82. The van der Waals surface area contributed by atoms with Crippen LogP contribution in [0.15, 0.2) is 24.3 Å². The molecule has 0 radical (unpaired) electrons. The Bertz CT molecular complexity index is 2120. The number of nitrogens with zero attached hydrogens (tertiary/aromatic N) is 8. The molecule has 0 bridgehead atoms. The summed E-state index contributed by atoms with van der Waals surface area (Å²) in [5, 5.41) is 6.77. The summed E-state index contributed by atoms with van der Waals surface area (Å²) in [6.07, 6.45) is 34.8. The molecule has 10 heteroatoms. The van der Waals surface area contributed by atoms with E-state index in [0.717, 1.165) is 96.8 Å². The van der Waals surface area contributed by atoms with Crippen LogP contribution in [0.2, 0.25) is 0 Å². The summed E-state index contributed by atoms with van der Waals surface area (Å²) in [5.41, 5.74) is 5.13. The van der Waals surface area contributed by atoms with Crippen LogP contribution < -0.4 is 0 Å². The van der Waals surface area contributed by atoms with Crippen LogP contribution in [0.3, 0.4) is 0 Å². The summed E-state index contributed by atoms with van der Waals surface area (Å²) >= 11 is 0. The molecule has 10 rings (SSSR count). The second-order valence-electron chi connectivity index (χ2n) is 33.4. The van der Waals surface area contributed by atoms with Gasteiger partial charge >= 0.3 is 0 Å². The predicted octanol–water partition coefficient (Wildman–Crippen LogP) is 20.6. The fraction of sp³-hybridized carbons (Fsp3) is 0.867. The van der Waals surface area contributed by atoms with Crippen molar-refractivity contribution in [1.82, 2.24) is 44.6 Å². The number of fused-ring (bicyclic) bond motifs is 1. The van der Waals surface area contributed by atoms with E-state index in [1.165, 1.54) is 230 Å². The van der Waals surface area contributed by atoms with E-state index in [1.54, 1.807) is 0 Å². The zero-order chi connectivity index (χ0) is 69.3. The number of carbonyl (C=O) groups is 1. The highest BCUT2D eigenvalue weighted by atomic mass is 16.2. The number of likely N-dealkylation sites (tertiary alicyclic amines) is 4. The first-order chi connectivity index (χ1) is 44.1. The lowest BCUT2D eigenvalue weighted by molar-refractivity contribution is -0.128. The Kier molecular flexibility index (Phi) is 46.3. The lowest BCUT2D eigenvalue weighted by Crippen LogP contribution is -2.44. The lowest BCUT2D eigenvalue weighted by Gasteiger charge is -2.32. The normalized spacial score (nSPS) is 19.7. The molecule has 1 aromatic heterocycles. The van der Waals surface area contributed by atoms with Crippen LogP contribution in [0.1, 0.15) is 313 Å². The van der Waals surface area contributed by atoms with Gasteiger partial charge in [0, 0.05) is 64.7 Å². The van der Waals surface area contributed by atoms with Gasteiger partial charge in [-0.3, -0.25) is 9.89 Å². The molecule has 7 fully saturated rings. The fourth-order valence-electron chi connectivity index (χ4n) is 13.7. The van der Waals surface area contributed by atoms with Gasteiger partial charge in [0.25, 0.3) is 0 Å². The van der Waals surface area contributed by atoms with E-state index in [9.17, 15) is 4.79 Å². The highest BCUT2D eigenvalue weighted by Gasteiger charge is 2.43. The van der Waals surface area contributed by atoms with Gasteiger partial charge < -0.3 is 29.4 Å². The van der Waals surface area contributed by atoms with E-state index in [0.29, 0.717) is 23.7 Å². The Morgan fingerprint density at radius 3 is 1.49 bits per heavy atom. The van der Waals surface area contributed by atoms with E-state index in [2.05, 4.69) is 216 Å². The Balaban J connectivity index is 0.000000357. The molecule has 6 heterocycles. The third kappa shape index (κ3) is 41.4. The molecule has 0 atom stereocenters. The van der Waals surface area contributed by atoms with Gasteiger partial charge in [0.2, 0.25) is 5.91 Å². The van der Waals surface area contributed by atoms with Crippen molar-refractivity contribution in [2.45, 2.75) is 298 Å². The van der Waals surface area contributed by atoms with Crippen molar-refractivity contribution in [2.75, 3.05) is 112 Å². The molecular formula is C83H159N9O. The molecule has 5 saturated heterocycles. The first-order valence-electron chi connectivity index (χ1n) is 39.7. The number of rotatable bonds is 18. The van der Waals surface area contributed by atoms with Gasteiger partial charge in [0.1, 0.15) is 5.82 Å². The number of H-pyrrole nitrogens is 1. The first-order valence-corrected chi connectivity index (χ1v) is 39.7. The molecule has 93 heavy (non-hydrogen) atoms. The van der Waals surface area contributed by atoms with Gasteiger partial charge in [-0.05, 0) is 231 Å². The van der Waals surface area contributed by atoms with Crippen molar-refractivity contribution in [3.63, 3.8) is 0 Å². The fourth-order valence-corrected chi connectivity index (χ4v) is 13.7. The quantitative estimate of drug-likeness (QED) is 0.158. The zero-order valence-electron chi connectivity index (χ0n) is 66.1. The predicted molar refractivity (Wildman–Crippen MR) is 410 cm³/mol. The second-order valence-corrected chi connectivity index (χ2v) is 33.4. The zero-order valence-corrected chi connectivity index (χ0v) is 66.1. The summed E-state index contributed by atoms with van der Waals surface area (Å²) in [6.45, 7) is 67.6. The Labute approximate surface area is 580 Å². The maximum absolute atomic E-state index is 11.0. The third-order valence-electron chi connectivity index (χ3n) is 20.7. The molecule has 0 unspecified atom stereocenters. The summed E-state index contributed by atoms with van der Waals surface area (Å²) < 4.78 is 0. The molecular weight excluding hydrogens is 1140 g/mol. The minimum absolute atomic E-state index is 0.341. The number of piperazine rings is 1. The van der Waals surface area contributed by atoms with E-state index >= 15 is 0 Å². The number of likely N-dealkylation sites (N-methyl/N-ethyl adjacent to an activating group) is 1.